The molecule has 3 nitrogen and oxygen atoms in total. The molecular formula is C13H10ClN3. The van der Waals surface area contributed by atoms with Crippen molar-refractivity contribution in [3.63, 3.8) is 0 Å². The van der Waals surface area contributed by atoms with Gasteiger partial charge in [-0.3, -0.25) is 4.99 Å². The Balaban J connectivity index is 2.30. The average molecular weight is 244 g/mol. The Morgan fingerprint density at radius 2 is 2.12 bits per heavy atom. The molecule has 1 aromatic carbocycles. The van der Waals surface area contributed by atoms with Crippen molar-refractivity contribution in [2.75, 3.05) is 0 Å². The number of nitriles is 1. The van der Waals surface area contributed by atoms with E-state index in [0.717, 1.165) is 18.6 Å². The monoisotopic (exact) mass is 243 g/mol. The lowest BCUT2D eigenvalue weighted by molar-refractivity contribution is 1.07. The third-order valence-corrected chi connectivity index (χ3v) is 2.58. The van der Waals surface area contributed by atoms with E-state index in [1.54, 1.807) is 30.5 Å². The summed E-state index contributed by atoms with van der Waals surface area (Å²) >= 11 is 5.78. The molecule has 1 aliphatic heterocycles. The van der Waals surface area contributed by atoms with Crippen molar-refractivity contribution in [3.8, 4) is 6.07 Å². The van der Waals surface area contributed by atoms with Crippen LogP contribution in [0, 0.1) is 11.3 Å². The van der Waals surface area contributed by atoms with Gasteiger partial charge in [0.15, 0.2) is 5.71 Å². The third-order valence-electron chi connectivity index (χ3n) is 2.33. The Hall–Kier alpha value is -1.92. The Labute approximate surface area is 105 Å². The van der Waals surface area contributed by atoms with Gasteiger partial charge in [-0.15, -0.1) is 0 Å². The fourth-order valence-electron chi connectivity index (χ4n) is 1.48. The van der Waals surface area contributed by atoms with E-state index < -0.39 is 0 Å². The zero-order chi connectivity index (χ0) is 12.1. The fraction of sp³-hybridized carbons (Fsp3) is 0.154. The number of benzene rings is 1. The molecule has 84 valence electrons. The first-order valence-corrected chi connectivity index (χ1v) is 5.64. The smallest absolute Gasteiger partial charge is 0.162 e. The molecule has 0 amide bonds. The Morgan fingerprint density at radius 1 is 1.35 bits per heavy atom. The van der Waals surface area contributed by atoms with E-state index in [0.29, 0.717) is 16.4 Å². The lowest BCUT2D eigenvalue weighted by Crippen LogP contribution is -2.12. The average Bonchev–Trinajstić information content (AvgIpc) is 2.39. The van der Waals surface area contributed by atoms with Gasteiger partial charge in [-0.1, -0.05) is 17.7 Å². The van der Waals surface area contributed by atoms with Crippen molar-refractivity contribution < 1.29 is 0 Å². The predicted molar refractivity (Wildman–Crippen MR) is 70.0 cm³/mol. The molecule has 0 aliphatic carbocycles. The molecule has 0 saturated carbocycles. The van der Waals surface area contributed by atoms with Crippen LogP contribution >= 0.6 is 11.6 Å². The van der Waals surface area contributed by atoms with E-state index in [1.165, 1.54) is 0 Å². The van der Waals surface area contributed by atoms with Crippen LogP contribution in [0.3, 0.4) is 0 Å². The molecule has 0 fully saturated rings. The molecule has 0 unspecified atom stereocenters. The number of aliphatic imine (C=N–C) groups is 2. The second-order valence-corrected chi connectivity index (χ2v) is 3.98. The Bertz CT molecular complexity index is 533. The third kappa shape index (κ3) is 3.02. The van der Waals surface area contributed by atoms with Gasteiger partial charge >= 0.3 is 0 Å². The van der Waals surface area contributed by atoms with Crippen LogP contribution in [0.25, 0.3) is 0 Å². The first kappa shape index (κ1) is 11.6. The topological polar surface area (TPSA) is 48.5 Å². The lowest BCUT2D eigenvalue weighted by Gasteiger charge is -2.05. The van der Waals surface area contributed by atoms with Crippen molar-refractivity contribution in [3.05, 3.63) is 41.6 Å². The maximum Gasteiger partial charge on any atom is 0.162 e. The van der Waals surface area contributed by atoms with E-state index >= 15 is 0 Å². The summed E-state index contributed by atoms with van der Waals surface area (Å²) in [5.74, 6) is 0. The quantitative estimate of drug-likeness (QED) is 0.731. The van der Waals surface area contributed by atoms with Crippen LogP contribution in [-0.4, -0.2) is 11.4 Å². The van der Waals surface area contributed by atoms with Crippen LogP contribution in [0.4, 0.5) is 5.69 Å². The summed E-state index contributed by atoms with van der Waals surface area (Å²) in [6.07, 6.45) is 5.35. The maximum atomic E-state index is 9.08. The highest BCUT2D eigenvalue weighted by atomic mass is 35.5. The maximum absolute atomic E-state index is 9.08. The van der Waals surface area contributed by atoms with Gasteiger partial charge in [-0.05, 0) is 37.1 Å². The van der Waals surface area contributed by atoms with E-state index in [-0.39, 0.29) is 0 Å². The number of allylic oxidation sites excluding steroid dienone is 1. The van der Waals surface area contributed by atoms with Crippen LogP contribution in [0.15, 0.2) is 46.5 Å². The van der Waals surface area contributed by atoms with Crippen molar-refractivity contribution >= 4 is 28.7 Å². The molecular weight excluding hydrogens is 234 g/mol. The summed E-state index contributed by atoms with van der Waals surface area (Å²) in [5, 5.41) is 9.74. The molecule has 0 N–H and O–H groups in total. The highest BCUT2D eigenvalue weighted by molar-refractivity contribution is 6.48. The highest BCUT2D eigenvalue weighted by Gasteiger charge is 2.09. The second-order valence-electron chi connectivity index (χ2n) is 3.55. The number of nitrogens with zero attached hydrogens (tertiary/aromatic N) is 3. The normalized spacial score (nSPS) is 15.3. The molecule has 0 radical (unpaired) electrons. The number of hydrogen-bond donors (Lipinski definition) is 0. The fourth-order valence-corrected chi connectivity index (χ4v) is 1.61. The van der Waals surface area contributed by atoms with Gasteiger partial charge in [-0.25, -0.2) is 4.99 Å². The SMILES string of the molecule is N#CC(=Nc1ccc(Cl)cc1)C1=NC=CCC1. The summed E-state index contributed by atoms with van der Waals surface area (Å²) in [6.45, 7) is 0. The second kappa shape index (κ2) is 5.42. The summed E-state index contributed by atoms with van der Waals surface area (Å²) < 4.78 is 0. The zero-order valence-corrected chi connectivity index (χ0v) is 9.85. The molecule has 0 saturated heterocycles. The zero-order valence-electron chi connectivity index (χ0n) is 9.10. The lowest BCUT2D eigenvalue weighted by atomic mass is 10.1. The molecule has 2 rings (SSSR count). The first-order valence-electron chi connectivity index (χ1n) is 5.26. The van der Waals surface area contributed by atoms with Crippen molar-refractivity contribution in [1.82, 2.24) is 0 Å². The van der Waals surface area contributed by atoms with E-state index in [1.807, 2.05) is 6.08 Å². The summed E-state index contributed by atoms with van der Waals surface area (Å²) in [6, 6.07) is 9.14. The highest BCUT2D eigenvalue weighted by Crippen LogP contribution is 2.17. The van der Waals surface area contributed by atoms with Crippen molar-refractivity contribution in [2.24, 2.45) is 9.98 Å². The van der Waals surface area contributed by atoms with Gasteiger partial charge in [0.25, 0.3) is 0 Å². The number of halogens is 1. The molecule has 4 heteroatoms. The molecule has 0 bridgehead atoms. The minimum absolute atomic E-state index is 0.372. The standard InChI is InChI=1S/C13H10ClN3/c14-10-4-6-11(7-5-10)17-13(9-15)12-3-1-2-8-16-12/h2,4-8H,1,3H2. The van der Waals surface area contributed by atoms with E-state index in [9.17, 15) is 0 Å². The number of rotatable bonds is 2. The van der Waals surface area contributed by atoms with Crippen LogP contribution in [0.2, 0.25) is 5.02 Å². The van der Waals surface area contributed by atoms with E-state index in [2.05, 4.69) is 16.1 Å². The van der Waals surface area contributed by atoms with Crippen LogP contribution in [0.1, 0.15) is 12.8 Å². The molecule has 17 heavy (non-hydrogen) atoms. The molecule has 0 aromatic heterocycles. The predicted octanol–water partition coefficient (Wildman–Crippen LogP) is 3.68. The van der Waals surface area contributed by atoms with Crippen LogP contribution < -0.4 is 0 Å². The van der Waals surface area contributed by atoms with Crippen molar-refractivity contribution in [2.45, 2.75) is 12.8 Å². The summed E-state index contributed by atoms with van der Waals surface area (Å²) in [5.41, 5.74) is 1.82. The van der Waals surface area contributed by atoms with Gasteiger partial charge in [0, 0.05) is 11.2 Å². The minimum atomic E-state index is 0.372. The van der Waals surface area contributed by atoms with Gasteiger partial charge < -0.3 is 0 Å². The molecule has 1 heterocycles. The molecule has 1 aliphatic rings. The van der Waals surface area contributed by atoms with E-state index in [4.69, 9.17) is 16.9 Å². The van der Waals surface area contributed by atoms with Crippen LogP contribution in [0.5, 0.6) is 0 Å². The number of hydrogen-bond acceptors (Lipinski definition) is 3. The summed E-state index contributed by atoms with van der Waals surface area (Å²) in [7, 11) is 0. The van der Waals surface area contributed by atoms with Crippen LogP contribution in [-0.2, 0) is 0 Å². The first-order chi connectivity index (χ1) is 8.29. The van der Waals surface area contributed by atoms with Gasteiger partial charge in [-0.2, -0.15) is 5.26 Å². The molecule has 0 atom stereocenters. The molecule has 1 aromatic rings. The minimum Gasteiger partial charge on any atom is -0.259 e. The largest absolute Gasteiger partial charge is 0.259 e. The van der Waals surface area contributed by atoms with Crippen molar-refractivity contribution in [1.29, 1.82) is 5.26 Å². The Morgan fingerprint density at radius 3 is 2.71 bits per heavy atom. The Kier molecular flexibility index (Phi) is 3.69. The van der Waals surface area contributed by atoms with Gasteiger partial charge in [0.2, 0.25) is 0 Å². The van der Waals surface area contributed by atoms with Gasteiger partial charge in [0.05, 0.1) is 11.4 Å². The summed E-state index contributed by atoms with van der Waals surface area (Å²) in [4.78, 5) is 8.45. The molecule has 0 spiro atoms. The van der Waals surface area contributed by atoms with Gasteiger partial charge in [0.1, 0.15) is 6.07 Å².